The van der Waals surface area contributed by atoms with E-state index in [-0.39, 0.29) is 23.9 Å². The number of benzene rings is 1. The molecule has 1 aliphatic heterocycles. The molecule has 2 rings (SSSR count). The highest BCUT2D eigenvalue weighted by Crippen LogP contribution is 2.25. The van der Waals surface area contributed by atoms with Gasteiger partial charge >= 0.3 is 0 Å². The van der Waals surface area contributed by atoms with E-state index in [2.05, 4.69) is 5.32 Å². The number of amides is 1. The first-order chi connectivity index (χ1) is 9.29. The first-order valence-electron chi connectivity index (χ1n) is 6.60. The summed E-state index contributed by atoms with van der Waals surface area (Å²) in [6.07, 6.45) is 1.01. The Hall–Kier alpha value is -1.40. The molecular weight excluding hydrogens is 276 g/mol. The number of sulfone groups is 1. The second kappa shape index (κ2) is 5.54. The van der Waals surface area contributed by atoms with Gasteiger partial charge in [0.1, 0.15) is 15.9 Å². The summed E-state index contributed by atoms with van der Waals surface area (Å²) < 4.78 is 22.8. The van der Waals surface area contributed by atoms with Crippen molar-refractivity contribution in [2.45, 2.75) is 32.1 Å². The topological polar surface area (TPSA) is 66.5 Å². The molecule has 1 aromatic carbocycles. The minimum Gasteiger partial charge on any atom is -0.322 e. The molecule has 110 valence electrons. The Labute approximate surface area is 119 Å². The first kappa shape index (κ1) is 15.0. The van der Waals surface area contributed by atoms with Crippen LogP contribution in [0.1, 0.15) is 25.5 Å². The van der Waals surface area contributed by atoms with E-state index in [1.807, 2.05) is 37.3 Å². The normalized spacial score (nSPS) is 24.9. The number of nitrogens with one attached hydrogen (secondary N) is 1. The molecule has 6 heteroatoms. The van der Waals surface area contributed by atoms with Crippen molar-refractivity contribution in [2.75, 3.05) is 12.0 Å². The van der Waals surface area contributed by atoms with Crippen molar-refractivity contribution in [1.29, 1.82) is 0 Å². The van der Waals surface area contributed by atoms with Crippen molar-refractivity contribution in [3.63, 3.8) is 0 Å². The van der Waals surface area contributed by atoms with Gasteiger partial charge < -0.3 is 4.90 Å². The van der Waals surface area contributed by atoms with Crippen LogP contribution in [0.15, 0.2) is 30.3 Å². The van der Waals surface area contributed by atoms with Crippen LogP contribution < -0.4 is 5.32 Å². The van der Waals surface area contributed by atoms with Crippen molar-refractivity contribution in [2.24, 2.45) is 0 Å². The third-order valence-electron chi connectivity index (χ3n) is 3.48. The Morgan fingerprint density at radius 1 is 1.30 bits per heavy atom. The van der Waals surface area contributed by atoms with Gasteiger partial charge in [-0.3, -0.25) is 10.1 Å². The molecule has 0 spiro atoms. The van der Waals surface area contributed by atoms with Gasteiger partial charge in [-0.2, -0.15) is 0 Å². The largest absolute Gasteiger partial charge is 0.322 e. The highest BCUT2D eigenvalue weighted by Gasteiger charge is 2.40. The zero-order valence-electron chi connectivity index (χ0n) is 11.9. The molecule has 1 heterocycles. The molecular formula is C14H20N2O3S. The van der Waals surface area contributed by atoms with Crippen LogP contribution >= 0.6 is 0 Å². The predicted molar refractivity (Wildman–Crippen MR) is 77.8 cm³/mol. The second-order valence-corrected chi connectivity index (χ2v) is 7.56. The summed E-state index contributed by atoms with van der Waals surface area (Å²) in [6, 6.07) is 8.73. The summed E-state index contributed by atoms with van der Waals surface area (Å²) in [7, 11) is -3.11. The number of hydrogen-bond donors (Lipinski definition) is 1. The Bertz CT molecular complexity index is 586. The Morgan fingerprint density at radius 2 is 1.90 bits per heavy atom. The maximum absolute atomic E-state index is 12.5. The van der Waals surface area contributed by atoms with Crippen LogP contribution in [-0.4, -0.2) is 43.4 Å². The highest BCUT2D eigenvalue weighted by molar-refractivity contribution is 7.90. The van der Waals surface area contributed by atoms with Gasteiger partial charge in [-0.15, -0.1) is 0 Å². The Kier molecular flexibility index (Phi) is 4.15. The molecule has 3 atom stereocenters. The summed E-state index contributed by atoms with van der Waals surface area (Å²) in [5.74, 6) is -0.0911. The van der Waals surface area contributed by atoms with Crippen molar-refractivity contribution in [3.8, 4) is 0 Å². The molecule has 0 aliphatic carbocycles. The number of carbonyl (C=O) groups is 1. The van der Waals surface area contributed by atoms with E-state index in [0.29, 0.717) is 0 Å². The summed E-state index contributed by atoms with van der Waals surface area (Å²) in [4.78, 5) is 14.1. The maximum Gasteiger partial charge on any atom is 0.245 e. The average molecular weight is 296 g/mol. The van der Waals surface area contributed by atoms with Gasteiger partial charge in [0, 0.05) is 12.3 Å². The van der Waals surface area contributed by atoms with Crippen molar-refractivity contribution in [3.05, 3.63) is 35.9 Å². The third-order valence-corrected chi connectivity index (χ3v) is 4.57. The lowest BCUT2D eigenvalue weighted by molar-refractivity contribution is -0.131. The van der Waals surface area contributed by atoms with Gasteiger partial charge in [0.15, 0.2) is 0 Å². The molecule has 0 aromatic heterocycles. The van der Waals surface area contributed by atoms with E-state index in [4.69, 9.17) is 0 Å². The predicted octanol–water partition coefficient (Wildman–Crippen LogP) is 0.939. The molecule has 20 heavy (non-hydrogen) atoms. The lowest BCUT2D eigenvalue weighted by atomic mass is 10.1. The second-order valence-electron chi connectivity index (χ2n) is 5.37. The van der Waals surface area contributed by atoms with Crippen molar-refractivity contribution >= 4 is 15.7 Å². The van der Waals surface area contributed by atoms with Crippen LogP contribution in [0.3, 0.4) is 0 Å². The van der Waals surface area contributed by atoms with Crippen LogP contribution in [-0.2, 0) is 14.6 Å². The molecule has 0 radical (unpaired) electrons. The Morgan fingerprint density at radius 3 is 2.45 bits per heavy atom. The average Bonchev–Trinajstić information content (AvgIpc) is 2.64. The van der Waals surface area contributed by atoms with E-state index < -0.39 is 15.9 Å². The van der Waals surface area contributed by atoms with Crippen LogP contribution in [0, 0.1) is 0 Å². The standard InChI is InChI=1S/C14H20N2O3S/c1-10(9-20(3,18)19)16-11(2)15-13(14(16)17)12-7-5-4-6-8-12/h4-8,10-11,13,15H,9H2,1-3H3. The molecule has 1 N–H and O–H groups in total. The minimum atomic E-state index is -3.11. The molecule has 1 aliphatic rings. The van der Waals surface area contributed by atoms with Gasteiger partial charge in [-0.1, -0.05) is 30.3 Å². The van der Waals surface area contributed by atoms with E-state index in [9.17, 15) is 13.2 Å². The summed E-state index contributed by atoms with van der Waals surface area (Å²) in [5, 5.41) is 3.22. The van der Waals surface area contributed by atoms with Crippen LogP contribution in [0.4, 0.5) is 0 Å². The first-order valence-corrected chi connectivity index (χ1v) is 8.66. The van der Waals surface area contributed by atoms with Gasteiger partial charge in [0.2, 0.25) is 5.91 Å². The number of hydrogen-bond acceptors (Lipinski definition) is 4. The van der Waals surface area contributed by atoms with E-state index >= 15 is 0 Å². The fourth-order valence-corrected chi connectivity index (χ4v) is 3.77. The third kappa shape index (κ3) is 3.19. The molecule has 1 saturated heterocycles. The summed E-state index contributed by atoms with van der Waals surface area (Å²) in [5.41, 5.74) is 0.901. The smallest absolute Gasteiger partial charge is 0.245 e. The van der Waals surface area contributed by atoms with Crippen molar-refractivity contribution < 1.29 is 13.2 Å². The van der Waals surface area contributed by atoms with E-state index in [1.165, 1.54) is 6.26 Å². The summed E-state index contributed by atoms with van der Waals surface area (Å²) >= 11 is 0. The zero-order chi connectivity index (χ0) is 14.9. The number of rotatable bonds is 4. The maximum atomic E-state index is 12.5. The number of carbonyl (C=O) groups excluding carboxylic acids is 1. The molecule has 1 aromatic rings. The molecule has 0 saturated carbocycles. The van der Waals surface area contributed by atoms with Crippen LogP contribution in [0.2, 0.25) is 0 Å². The molecule has 1 fully saturated rings. The van der Waals surface area contributed by atoms with Gasteiger partial charge in [-0.05, 0) is 19.4 Å². The van der Waals surface area contributed by atoms with E-state index in [0.717, 1.165) is 5.56 Å². The monoisotopic (exact) mass is 296 g/mol. The Balaban J connectivity index is 2.19. The molecule has 5 nitrogen and oxygen atoms in total. The fraction of sp³-hybridized carbons (Fsp3) is 0.500. The van der Waals surface area contributed by atoms with Gasteiger partial charge in [-0.25, -0.2) is 8.42 Å². The molecule has 1 amide bonds. The van der Waals surface area contributed by atoms with Gasteiger partial charge in [0.05, 0.1) is 11.9 Å². The lowest BCUT2D eigenvalue weighted by Crippen LogP contribution is -2.44. The number of nitrogens with zero attached hydrogens (tertiary/aromatic N) is 1. The SMILES string of the molecule is CC(CS(C)(=O)=O)N1C(=O)C(c2ccccc2)NC1C. The summed E-state index contributed by atoms with van der Waals surface area (Å²) in [6.45, 7) is 3.64. The quantitative estimate of drug-likeness (QED) is 0.898. The van der Waals surface area contributed by atoms with E-state index in [1.54, 1.807) is 11.8 Å². The van der Waals surface area contributed by atoms with Crippen LogP contribution in [0.5, 0.6) is 0 Å². The van der Waals surface area contributed by atoms with Crippen molar-refractivity contribution in [1.82, 2.24) is 10.2 Å². The zero-order valence-corrected chi connectivity index (χ0v) is 12.7. The minimum absolute atomic E-state index is 0.0216. The highest BCUT2D eigenvalue weighted by atomic mass is 32.2. The fourth-order valence-electron chi connectivity index (χ4n) is 2.73. The molecule has 3 unspecified atom stereocenters. The molecule has 0 bridgehead atoms. The lowest BCUT2D eigenvalue weighted by Gasteiger charge is -2.27. The van der Waals surface area contributed by atoms with Gasteiger partial charge in [0.25, 0.3) is 0 Å². The van der Waals surface area contributed by atoms with Crippen LogP contribution in [0.25, 0.3) is 0 Å².